The highest BCUT2D eigenvalue weighted by atomic mass is 79.9. The standard InChI is InChI=1S/C26H33BrN4O2/c1-25(2)15-26(16-33-25)10-20(11-26)28-24-29-22-6-7-32-14-21(22)23(30-24)31-12-18(13-31)8-17-4-3-5-19(27)9-17/h3-5,9,18,20H,6-8,10-16H2,1-2H3,(H,28,29,30). The minimum Gasteiger partial charge on any atom is -0.376 e. The minimum atomic E-state index is 0.0182. The zero-order valence-corrected chi connectivity index (χ0v) is 21.2. The molecule has 3 fully saturated rings. The summed E-state index contributed by atoms with van der Waals surface area (Å²) in [5.74, 6) is 2.52. The van der Waals surface area contributed by atoms with Gasteiger partial charge in [-0.15, -0.1) is 0 Å². The predicted molar refractivity (Wildman–Crippen MR) is 133 cm³/mol. The summed E-state index contributed by atoms with van der Waals surface area (Å²) in [4.78, 5) is 12.3. The molecule has 0 unspecified atom stereocenters. The molecule has 4 heterocycles. The van der Waals surface area contributed by atoms with E-state index in [0.29, 0.717) is 24.0 Å². The largest absolute Gasteiger partial charge is 0.376 e. The quantitative estimate of drug-likeness (QED) is 0.623. The van der Waals surface area contributed by atoms with Crippen LogP contribution in [0, 0.1) is 11.3 Å². The third kappa shape index (κ3) is 4.40. The maximum absolute atomic E-state index is 6.02. The SMILES string of the molecule is CC1(C)CC2(CO1)CC(Nc1nc3c(c(N4CC(Cc5cccc(Br)c5)C4)n1)COCC3)C2. The lowest BCUT2D eigenvalue weighted by atomic mass is 9.63. The number of aromatic nitrogens is 2. The molecular formula is C26H33BrN4O2. The van der Waals surface area contributed by atoms with Gasteiger partial charge in [0.2, 0.25) is 5.95 Å². The second kappa shape index (κ2) is 8.21. The molecular weight excluding hydrogens is 480 g/mol. The summed E-state index contributed by atoms with van der Waals surface area (Å²) >= 11 is 3.59. The van der Waals surface area contributed by atoms with Crippen LogP contribution >= 0.6 is 15.9 Å². The van der Waals surface area contributed by atoms with Crippen LogP contribution in [-0.4, -0.2) is 47.9 Å². The molecule has 1 saturated carbocycles. The summed E-state index contributed by atoms with van der Waals surface area (Å²) in [7, 11) is 0. The van der Waals surface area contributed by atoms with Crippen molar-refractivity contribution in [2.75, 3.05) is 36.5 Å². The van der Waals surface area contributed by atoms with Crippen LogP contribution in [0.15, 0.2) is 28.7 Å². The molecule has 3 aliphatic heterocycles. The average Bonchev–Trinajstić information content (AvgIpc) is 3.05. The predicted octanol–water partition coefficient (Wildman–Crippen LogP) is 4.75. The van der Waals surface area contributed by atoms with Gasteiger partial charge in [-0.25, -0.2) is 4.98 Å². The number of hydrogen-bond acceptors (Lipinski definition) is 6. The summed E-state index contributed by atoms with van der Waals surface area (Å²) in [6.07, 6.45) is 5.42. The van der Waals surface area contributed by atoms with E-state index in [9.17, 15) is 0 Å². The number of benzene rings is 1. The molecule has 1 spiro atoms. The van der Waals surface area contributed by atoms with E-state index in [1.807, 2.05) is 0 Å². The Hall–Kier alpha value is -1.70. The van der Waals surface area contributed by atoms with Crippen LogP contribution in [0.25, 0.3) is 0 Å². The van der Waals surface area contributed by atoms with Gasteiger partial charge in [-0.1, -0.05) is 28.1 Å². The molecule has 0 radical (unpaired) electrons. The molecule has 0 amide bonds. The number of ether oxygens (including phenoxy) is 2. The fourth-order valence-corrected chi connectivity index (χ4v) is 6.74. The average molecular weight is 513 g/mol. The number of rotatable bonds is 5. The van der Waals surface area contributed by atoms with Gasteiger partial charge < -0.3 is 19.7 Å². The molecule has 0 atom stereocenters. The monoisotopic (exact) mass is 512 g/mol. The third-order valence-electron chi connectivity index (χ3n) is 7.73. The van der Waals surface area contributed by atoms with E-state index < -0.39 is 0 Å². The van der Waals surface area contributed by atoms with E-state index in [0.717, 1.165) is 80.3 Å². The molecule has 7 heteroatoms. The first kappa shape index (κ1) is 21.8. The van der Waals surface area contributed by atoms with E-state index in [1.54, 1.807) is 0 Å². The Morgan fingerprint density at radius 1 is 1.21 bits per heavy atom. The zero-order chi connectivity index (χ0) is 22.6. The number of nitrogens with zero attached hydrogens (tertiary/aromatic N) is 3. The van der Waals surface area contributed by atoms with Gasteiger partial charge in [-0.2, -0.15) is 4.98 Å². The minimum absolute atomic E-state index is 0.0182. The van der Waals surface area contributed by atoms with Crippen molar-refractivity contribution in [2.24, 2.45) is 11.3 Å². The van der Waals surface area contributed by atoms with Crippen LogP contribution in [0.4, 0.5) is 11.8 Å². The molecule has 1 N–H and O–H groups in total. The highest BCUT2D eigenvalue weighted by Gasteiger charge is 2.52. The highest BCUT2D eigenvalue weighted by molar-refractivity contribution is 9.10. The van der Waals surface area contributed by atoms with E-state index in [4.69, 9.17) is 19.4 Å². The molecule has 4 aliphatic rings. The Kier molecular flexibility index (Phi) is 5.42. The van der Waals surface area contributed by atoms with Gasteiger partial charge >= 0.3 is 0 Å². The van der Waals surface area contributed by atoms with Crippen molar-refractivity contribution in [2.45, 2.75) is 64.2 Å². The van der Waals surface area contributed by atoms with Gasteiger partial charge in [-0.05, 0) is 63.1 Å². The van der Waals surface area contributed by atoms with Crippen molar-refractivity contribution in [3.63, 3.8) is 0 Å². The maximum atomic E-state index is 6.02. The fraction of sp³-hybridized carbons (Fsp3) is 0.615. The Morgan fingerprint density at radius 3 is 2.82 bits per heavy atom. The Labute approximate surface area is 204 Å². The van der Waals surface area contributed by atoms with E-state index in [1.165, 1.54) is 11.1 Å². The molecule has 1 aromatic heterocycles. The van der Waals surface area contributed by atoms with Crippen LogP contribution < -0.4 is 10.2 Å². The van der Waals surface area contributed by atoms with Crippen molar-refractivity contribution in [1.29, 1.82) is 0 Å². The summed E-state index contributed by atoms with van der Waals surface area (Å²) in [6, 6.07) is 9.09. The molecule has 1 aliphatic carbocycles. The Balaban J connectivity index is 1.13. The van der Waals surface area contributed by atoms with Gasteiger partial charge in [0.25, 0.3) is 0 Å². The van der Waals surface area contributed by atoms with E-state index in [2.05, 4.69) is 64.3 Å². The van der Waals surface area contributed by atoms with E-state index >= 15 is 0 Å². The van der Waals surface area contributed by atoms with Crippen LogP contribution in [0.5, 0.6) is 0 Å². The number of anilines is 2. The van der Waals surface area contributed by atoms with Crippen LogP contribution in [-0.2, 0) is 28.9 Å². The number of fused-ring (bicyclic) bond motifs is 1. The lowest BCUT2D eigenvalue weighted by Gasteiger charge is -2.45. The topological polar surface area (TPSA) is 59.5 Å². The maximum Gasteiger partial charge on any atom is 0.225 e. The van der Waals surface area contributed by atoms with Crippen LogP contribution in [0.3, 0.4) is 0 Å². The zero-order valence-electron chi connectivity index (χ0n) is 19.6. The molecule has 2 saturated heterocycles. The first-order valence-corrected chi connectivity index (χ1v) is 13.0. The lowest BCUT2D eigenvalue weighted by molar-refractivity contribution is 0.0223. The van der Waals surface area contributed by atoms with Crippen molar-refractivity contribution in [1.82, 2.24) is 9.97 Å². The summed E-state index contributed by atoms with van der Waals surface area (Å²) in [5, 5.41) is 3.66. The first-order chi connectivity index (χ1) is 15.9. The van der Waals surface area contributed by atoms with Crippen molar-refractivity contribution >= 4 is 27.7 Å². The number of halogens is 1. The summed E-state index contributed by atoms with van der Waals surface area (Å²) < 4.78 is 13.0. The highest BCUT2D eigenvalue weighted by Crippen LogP contribution is 2.53. The van der Waals surface area contributed by atoms with Crippen LogP contribution in [0.2, 0.25) is 0 Å². The number of hydrogen-bond donors (Lipinski definition) is 1. The fourth-order valence-electron chi connectivity index (χ4n) is 6.30. The van der Waals surface area contributed by atoms with Crippen molar-refractivity contribution in [3.8, 4) is 0 Å². The summed E-state index contributed by atoms with van der Waals surface area (Å²) in [6.45, 7) is 8.74. The summed E-state index contributed by atoms with van der Waals surface area (Å²) in [5.41, 5.74) is 4.10. The van der Waals surface area contributed by atoms with Crippen molar-refractivity contribution < 1.29 is 9.47 Å². The third-order valence-corrected chi connectivity index (χ3v) is 8.23. The second-order valence-corrected chi connectivity index (χ2v) is 12.1. The van der Waals surface area contributed by atoms with Crippen LogP contribution in [0.1, 0.15) is 49.9 Å². The molecule has 6 nitrogen and oxygen atoms in total. The molecule has 0 bridgehead atoms. The number of nitrogens with one attached hydrogen (secondary N) is 1. The molecule has 176 valence electrons. The normalized spacial score (nSPS) is 28.3. The van der Waals surface area contributed by atoms with Crippen molar-refractivity contribution in [3.05, 3.63) is 45.6 Å². The van der Waals surface area contributed by atoms with E-state index in [-0.39, 0.29) is 5.60 Å². The smallest absolute Gasteiger partial charge is 0.225 e. The van der Waals surface area contributed by atoms with Gasteiger partial charge in [0, 0.05) is 41.0 Å². The Morgan fingerprint density at radius 2 is 2.06 bits per heavy atom. The molecule has 33 heavy (non-hydrogen) atoms. The van der Waals surface area contributed by atoms with Gasteiger partial charge in [0.1, 0.15) is 5.82 Å². The molecule has 1 aromatic carbocycles. The lowest BCUT2D eigenvalue weighted by Crippen LogP contribution is -2.49. The Bertz CT molecular complexity index is 1050. The first-order valence-electron chi connectivity index (χ1n) is 12.2. The van der Waals surface area contributed by atoms with Gasteiger partial charge in [0.05, 0.1) is 31.1 Å². The molecule has 6 rings (SSSR count). The second-order valence-electron chi connectivity index (χ2n) is 11.2. The molecule has 2 aromatic rings. The van der Waals surface area contributed by atoms with Gasteiger partial charge in [-0.3, -0.25) is 0 Å². The van der Waals surface area contributed by atoms with Gasteiger partial charge in [0.15, 0.2) is 0 Å².